The Balaban J connectivity index is 2.58. The molecule has 0 saturated heterocycles. The quantitative estimate of drug-likeness (QED) is 0.728. The Hall–Kier alpha value is -1.46. The van der Waals surface area contributed by atoms with Crippen molar-refractivity contribution in [2.75, 3.05) is 12.3 Å². The first kappa shape index (κ1) is 16.6. The monoisotopic (exact) mass is 317 g/mol. The zero-order valence-electron chi connectivity index (χ0n) is 11.3. The zero-order valence-corrected chi connectivity index (χ0v) is 12.8. The summed E-state index contributed by atoms with van der Waals surface area (Å²) in [4.78, 5) is 23.3. The Bertz CT molecular complexity index is 519. The summed E-state index contributed by atoms with van der Waals surface area (Å²) in [5, 5.41) is 5.69. The van der Waals surface area contributed by atoms with Gasteiger partial charge >= 0.3 is 0 Å². The topological polar surface area (TPSA) is 84.2 Å². The predicted octanol–water partition coefficient (Wildman–Crippen LogP) is 2.22. The minimum absolute atomic E-state index is 0.0698. The Morgan fingerprint density at radius 2 is 1.95 bits per heavy atom. The Morgan fingerprint density at radius 1 is 1.30 bits per heavy atom. The molecule has 0 unspecified atom stereocenters. The minimum Gasteiger partial charge on any atom is -0.399 e. The van der Waals surface area contributed by atoms with Gasteiger partial charge in [-0.2, -0.15) is 0 Å². The maximum atomic E-state index is 11.9. The second-order valence-electron chi connectivity index (χ2n) is 4.59. The number of nitrogen functional groups attached to an aromatic ring is 1. The van der Waals surface area contributed by atoms with Crippen LogP contribution in [0, 0.1) is 0 Å². The lowest BCUT2D eigenvalue weighted by molar-refractivity contribution is -0.121. The molecule has 1 rings (SSSR count). The summed E-state index contributed by atoms with van der Waals surface area (Å²) in [6, 6.07) is 2.98. The molecule has 20 heavy (non-hydrogen) atoms. The van der Waals surface area contributed by atoms with Gasteiger partial charge in [-0.3, -0.25) is 9.59 Å². The lowest BCUT2D eigenvalue weighted by Gasteiger charge is -2.10. The number of hydrogen-bond donors (Lipinski definition) is 3. The molecule has 0 heterocycles. The zero-order chi connectivity index (χ0) is 15.3. The number of carbonyl (C=O) groups excluding carboxylic acids is 2. The lowest BCUT2D eigenvalue weighted by atomic mass is 10.2. The van der Waals surface area contributed by atoms with E-state index in [1.54, 1.807) is 0 Å². The normalized spacial score (nSPS) is 10.4. The molecule has 0 fully saturated rings. The molecule has 0 aliphatic carbocycles. The SMILES string of the molecule is CC(C)NC(=O)CCNC(=O)c1cc(N)cc(Cl)c1Cl. The van der Waals surface area contributed by atoms with Crippen LogP contribution in [0.3, 0.4) is 0 Å². The van der Waals surface area contributed by atoms with E-state index >= 15 is 0 Å². The standard InChI is InChI=1S/C13H17Cl2N3O2/c1-7(2)18-11(19)3-4-17-13(20)9-5-8(16)6-10(14)12(9)15/h5-7H,3-4,16H2,1-2H3,(H,17,20)(H,18,19). The summed E-state index contributed by atoms with van der Waals surface area (Å²) in [5.41, 5.74) is 6.16. The van der Waals surface area contributed by atoms with E-state index in [2.05, 4.69) is 10.6 Å². The molecule has 0 radical (unpaired) electrons. The second kappa shape index (κ2) is 7.36. The molecular weight excluding hydrogens is 301 g/mol. The average Bonchev–Trinajstić information content (AvgIpc) is 2.32. The van der Waals surface area contributed by atoms with Crippen molar-refractivity contribution in [1.82, 2.24) is 10.6 Å². The molecule has 0 saturated carbocycles. The van der Waals surface area contributed by atoms with E-state index in [-0.39, 0.29) is 40.5 Å². The summed E-state index contributed by atoms with van der Waals surface area (Å²) in [5.74, 6) is -0.543. The van der Waals surface area contributed by atoms with Gasteiger partial charge in [0.2, 0.25) is 5.91 Å². The molecule has 4 N–H and O–H groups in total. The number of rotatable bonds is 5. The van der Waals surface area contributed by atoms with Gasteiger partial charge < -0.3 is 16.4 Å². The van der Waals surface area contributed by atoms with Gasteiger partial charge in [-0.1, -0.05) is 23.2 Å². The lowest BCUT2D eigenvalue weighted by Crippen LogP contribution is -2.34. The Morgan fingerprint density at radius 3 is 2.55 bits per heavy atom. The van der Waals surface area contributed by atoms with Crippen molar-refractivity contribution < 1.29 is 9.59 Å². The fraction of sp³-hybridized carbons (Fsp3) is 0.385. The molecule has 0 aliphatic rings. The van der Waals surface area contributed by atoms with Crippen LogP contribution in [0.1, 0.15) is 30.6 Å². The molecule has 0 spiro atoms. The molecule has 2 amide bonds. The Labute approximate surface area is 127 Å². The number of nitrogens with one attached hydrogen (secondary N) is 2. The van der Waals surface area contributed by atoms with Crippen molar-refractivity contribution in [3.8, 4) is 0 Å². The smallest absolute Gasteiger partial charge is 0.252 e. The molecule has 7 heteroatoms. The van der Waals surface area contributed by atoms with Crippen LogP contribution in [0.4, 0.5) is 5.69 Å². The molecule has 1 aromatic carbocycles. The molecule has 1 aromatic rings. The van der Waals surface area contributed by atoms with Crippen molar-refractivity contribution in [2.45, 2.75) is 26.3 Å². The van der Waals surface area contributed by atoms with Gasteiger partial charge in [-0.15, -0.1) is 0 Å². The van der Waals surface area contributed by atoms with Gasteiger partial charge in [0.1, 0.15) is 0 Å². The number of benzene rings is 1. The van der Waals surface area contributed by atoms with Crippen LogP contribution < -0.4 is 16.4 Å². The minimum atomic E-state index is -0.415. The molecule has 0 aliphatic heterocycles. The van der Waals surface area contributed by atoms with Crippen LogP contribution in [-0.4, -0.2) is 24.4 Å². The van der Waals surface area contributed by atoms with E-state index in [9.17, 15) is 9.59 Å². The first-order valence-electron chi connectivity index (χ1n) is 6.13. The third-order valence-electron chi connectivity index (χ3n) is 2.38. The van der Waals surface area contributed by atoms with Gasteiger partial charge in [0, 0.05) is 24.7 Å². The number of amides is 2. The van der Waals surface area contributed by atoms with Crippen LogP contribution >= 0.6 is 23.2 Å². The maximum absolute atomic E-state index is 11.9. The van der Waals surface area contributed by atoms with E-state index in [4.69, 9.17) is 28.9 Å². The van der Waals surface area contributed by atoms with Crippen LogP contribution in [0.5, 0.6) is 0 Å². The van der Waals surface area contributed by atoms with Crippen LogP contribution in [0.2, 0.25) is 10.0 Å². The molecule has 0 bridgehead atoms. The summed E-state index contributed by atoms with van der Waals surface area (Å²) in [6.45, 7) is 3.94. The van der Waals surface area contributed by atoms with Crippen molar-refractivity contribution in [3.05, 3.63) is 27.7 Å². The molecule has 5 nitrogen and oxygen atoms in total. The highest BCUT2D eigenvalue weighted by Crippen LogP contribution is 2.28. The molecule has 0 atom stereocenters. The number of nitrogens with two attached hydrogens (primary N) is 1. The van der Waals surface area contributed by atoms with Crippen molar-refractivity contribution in [1.29, 1.82) is 0 Å². The van der Waals surface area contributed by atoms with Gasteiger partial charge in [-0.05, 0) is 26.0 Å². The van der Waals surface area contributed by atoms with E-state index in [1.807, 2.05) is 13.8 Å². The third kappa shape index (κ3) is 4.90. The summed E-state index contributed by atoms with van der Waals surface area (Å²) in [6.07, 6.45) is 0.192. The van der Waals surface area contributed by atoms with E-state index < -0.39 is 5.91 Å². The number of halogens is 2. The largest absolute Gasteiger partial charge is 0.399 e. The first-order valence-corrected chi connectivity index (χ1v) is 6.89. The van der Waals surface area contributed by atoms with Crippen LogP contribution in [0.15, 0.2) is 12.1 Å². The van der Waals surface area contributed by atoms with Crippen LogP contribution in [-0.2, 0) is 4.79 Å². The van der Waals surface area contributed by atoms with Gasteiger partial charge in [0.05, 0.1) is 15.6 Å². The van der Waals surface area contributed by atoms with E-state index in [0.29, 0.717) is 5.69 Å². The summed E-state index contributed by atoms with van der Waals surface area (Å²) >= 11 is 11.8. The molecule has 0 aromatic heterocycles. The first-order chi connectivity index (χ1) is 9.31. The number of anilines is 1. The third-order valence-corrected chi connectivity index (χ3v) is 3.18. The highest BCUT2D eigenvalue weighted by molar-refractivity contribution is 6.44. The highest BCUT2D eigenvalue weighted by atomic mass is 35.5. The fourth-order valence-electron chi connectivity index (χ4n) is 1.55. The second-order valence-corrected chi connectivity index (χ2v) is 5.38. The Kier molecular flexibility index (Phi) is 6.10. The van der Waals surface area contributed by atoms with Gasteiger partial charge in [0.15, 0.2) is 0 Å². The van der Waals surface area contributed by atoms with Crippen molar-refractivity contribution >= 4 is 40.7 Å². The molecule has 110 valence electrons. The summed E-state index contributed by atoms with van der Waals surface area (Å²) < 4.78 is 0. The summed E-state index contributed by atoms with van der Waals surface area (Å²) in [7, 11) is 0. The number of hydrogen-bond acceptors (Lipinski definition) is 3. The maximum Gasteiger partial charge on any atom is 0.252 e. The average molecular weight is 318 g/mol. The van der Waals surface area contributed by atoms with Gasteiger partial charge in [-0.25, -0.2) is 0 Å². The van der Waals surface area contributed by atoms with Crippen LogP contribution in [0.25, 0.3) is 0 Å². The molecular formula is C13H17Cl2N3O2. The predicted molar refractivity (Wildman–Crippen MR) is 81.1 cm³/mol. The van der Waals surface area contributed by atoms with E-state index in [1.165, 1.54) is 12.1 Å². The van der Waals surface area contributed by atoms with Gasteiger partial charge in [0.25, 0.3) is 5.91 Å². The fourth-order valence-corrected chi connectivity index (χ4v) is 1.98. The van der Waals surface area contributed by atoms with E-state index in [0.717, 1.165) is 0 Å². The highest BCUT2D eigenvalue weighted by Gasteiger charge is 2.14. The van der Waals surface area contributed by atoms with Crippen molar-refractivity contribution in [2.24, 2.45) is 0 Å². The van der Waals surface area contributed by atoms with Crippen molar-refractivity contribution in [3.63, 3.8) is 0 Å². The number of carbonyl (C=O) groups is 2.